The van der Waals surface area contributed by atoms with E-state index >= 15 is 0 Å². The van der Waals surface area contributed by atoms with Crippen LogP contribution in [0.4, 0.5) is 16.2 Å². The van der Waals surface area contributed by atoms with Crippen molar-refractivity contribution in [3.63, 3.8) is 0 Å². The molecule has 0 fully saturated rings. The van der Waals surface area contributed by atoms with Crippen LogP contribution in [0.2, 0.25) is 0 Å². The number of hydrogen-bond acceptors (Lipinski definition) is 7. The summed E-state index contributed by atoms with van der Waals surface area (Å²) in [6, 6.07) is 9.97. The van der Waals surface area contributed by atoms with E-state index in [0.29, 0.717) is 47.3 Å². The number of anilines is 2. The zero-order valence-corrected chi connectivity index (χ0v) is 20.1. The summed E-state index contributed by atoms with van der Waals surface area (Å²) in [5.41, 5.74) is 1.38. The fourth-order valence-corrected chi connectivity index (χ4v) is 3.60. The summed E-state index contributed by atoms with van der Waals surface area (Å²) < 4.78 is 24.7. The zero-order valence-electron chi connectivity index (χ0n) is 20.1. The SMILES string of the molecule is CCCCC(CNC(C)=O)Nc1nc(NCc2ccc(OC)cc2OC)nc2cc(F)ccc12. The molecule has 9 heteroatoms. The number of unbranched alkanes of at least 4 members (excludes halogenated alkanes) is 1. The summed E-state index contributed by atoms with van der Waals surface area (Å²) in [7, 11) is 3.20. The molecule has 2 aromatic carbocycles. The Labute approximate surface area is 199 Å². The molecule has 8 nitrogen and oxygen atoms in total. The molecule has 34 heavy (non-hydrogen) atoms. The molecule has 0 saturated heterocycles. The number of carbonyl (C=O) groups excluding carboxylic acids is 1. The second-order valence-corrected chi connectivity index (χ2v) is 8.01. The van der Waals surface area contributed by atoms with Crippen LogP contribution in [-0.4, -0.2) is 42.7 Å². The highest BCUT2D eigenvalue weighted by Crippen LogP contribution is 2.27. The Kier molecular flexibility index (Phi) is 8.84. The van der Waals surface area contributed by atoms with E-state index in [-0.39, 0.29) is 17.8 Å². The Hall–Kier alpha value is -3.62. The van der Waals surface area contributed by atoms with Gasteiger partial charge in [-0.2, -0.15) is 4.98 Å². The second-order valence-electron chi connectivity index (χ2n) is 8.01. The Morgan fingerprint density at radius 1 is 1.12 bits per heavy atom. The first-order chi connectivity index (χ1) is 16.4. The number of aromatic nitrogens is 2. The predicted molar refractivity (Wildman–Crippen MR) is 132 cm³/mol. The van der Waals surface area contributed by atoms with E-state index < -0.39 is 0 Å². The molecule has 1 atom stereocenters. The van der Waals surface area contributed by atoms with Crippen molar-refractivity contribution in [2.24, 2.45) is 0 Å². The molecule has 1 aromatic heterocycles. The molecular formula is C25H32FN5O3. The summed E-state index contributed by atoms with van der Waals surface area (Å²) in [4.78, 5) is 20.6. The van der Waals surface area contributed by atoms with Crippen molar-refractivity contribution in [1.82, 2.24) is 15.3 Å². The number of ether oxygens (including phenoxy) is 2. The van der Waals surface area contributed by atoms with Gasteiger partial charge in [0, 0.05) is 49.1 Å². The van der Waals surface area contributed by atoms with Gasteiger partial charge in [0.15, 0.2) is 0 Å². The lowest BCUT2D eigenvalue weighted by Gasteiger charge is -2.21. The third kappa shape index (κ3) is 6.69. The third-order valence-electron chi connectivity index (χ3n) is 5.43. The van der Waals surface area contributed by atoms with E-state index in [2.05, 4.69) is 32.8 Å². The van der Waals surface area contributed by atoms with Gasteiger partial charge in [0.2, 0.25) is 11.9 Å². The molecule has 0 bridgehead atoms. The summed E-state index contributed by atoms with van der Waals surface area (Å²) in [5, 5.41) is 10.2. The van der Waals surface area contributed by atoms with Crippen molar-refractivity contribution in [3.05, 3.63) is 47.8 Å². The number of fused-ring (bicyclic) bond motifs is 1. The quantitative estimate of drug-likeness (QED) is 0.359. The topological polar surface area (TPSA) is 97.4 Å². The first-order valence-corrected chi connectivity index (χ1v) is 11.4. The van der Waals surface area contributed by atoms with E-state index in [1.807, 2.05) is 12.1 Å². The molecule has 3 rings (SSSR count). The normalized spacial score (nSPS) is 11.7. The van der Waals surface area contributed by atoms with E-state index in [9.17, 15) is 9.18 Å². The van der Waals surface area contributed by atoms with Crippen molar-refractivity contribution in [1.29, 1.82) is 0 Å². The lowest BCUT2D eigenvalue weighted by Crippen LogP contribution is -2.35. The van der Waals surface area contributed by atoms with Gasteiger partial charge < -0.3 is 25.4 Å². The number of benzene rings is 2. The van der Waals surface area contributed by atoms with Gasteiger partial charge in [-0.15, -0.1) is 0 Å². The Bertz CT molecular complexity index is 1130. The van der Waals surface area contributed by atoms with Crippen LogP contribution in [0.3, 0.4) is 0 Å². The molecule has 0 radical (unpaired) electrons. The highest BCUT2D eigenvalue weighted by molar-refractivity contribution is 5.90. The molecular weight excluding hydrogens is 437 g/mol. The number of nitrogens with zero attached hydrogens (tertiary/aromatic N) is 2. The Morgan fingerprint density at radius 2 is 1.94 bits per heavy atom. The van der Waals surface area contributed by atoms with Crippen LogP contribution in [0.25, 0.3) is 10.9 Å². The van der Waals surface area contributed by atoms with Gasteiger partial charge in [-0.3, -0.25) is 4.79 Å². The minimum atomic E-state index is -0.374. The maximum atomic E-state index is 14.0. The highest BCUT2D eigenvalue weighted by atomic mass is 19.1. The van der Waals surface area contributed by atoms with Crippen LogP contribution in [0.1, 0.15) is 38.7 Å². The molecule has 0 spiro atoms. The van der Waals surface area contributed by atoms with Crippen molar-refractivity contribution in [2.45, 2.75) is 45.7 Å². The Balaban J connectivity index is 1.88. The molecule has 3 N–H and O–H groups in total. The molecule has 182 valence electrons. The van der Waals surface area contributed by atoms with Gasteiger partial charge in [-0.25, -0.2) is 9.37 Å². The number of halogens is 1. The van der Waals surface area contributed by atoms with Crippen molar-refractivity contribution >= 4 is 28.6 Å². The number of nitrogens with one attached hydrogen (secondary N) is 3. The molecule has 1 amide bonds. The lowest BCUT2D eigenvalue weighted by molar-refractivity contribution is -0.119. The summed E-state index contributed by atoms with van der Waals surface area (Å²) in [6.07, 6.45) is 2.89. The van der Waals surface area contributed by atoms with E-state index in [1.54, 1.807) is 26.4 Å². The number of rotatable bonds is 12. The molecule has 3 aromatic rings. The van der Waals surface area contributed by atoms with Crippen molar-refractivity contribution in [2.75, 3.05) is 31.4 Å². The standard InChI is InChI=1S/C25H32FN5O3/c1-5-6-7-19(15-27-16(2)32)29-24-21-11-9-18(26)12-22(21)30-25(31-24)28-14-17-8-10-20(33-3)13-23(17)34-4/h8-13,19H,5-7,14-15H2,1-4H3,(H,27,32)(H2,28,29,30,31). The van der Waals surface area contributed by atoms with Crippen LogP contribution >= 0.6 is 0 Å². The van der Waals surface area contributed by atoms with Crippen LogP contribution in [-0.2, 0) is 11.3 Å². The van der Waals surface area contributed by atoms with Crippen molar-refractivity contribution < 1.29 is 18.7 Å². The first-order valence-electron chi connectivity index (χ1n) is 11.4. The number of methoxy groups -OCH3 is 2. The summed E-state index contributed by atoms with van der Waals surface area (Å²) >= 11 is 0. The number of hydrogen-bond donors (Lipinski definition) is 3. The summed E-state index contributed by atoms with van der Waals surface area (Å²) in [5.74, 6) is 1.84. The lowest BCUT2D eigenvalue weighted by atomic mass is 10.1. The largest absolute Gasteiger partial charge is 0.497 e. The van der Waals surface area contributed by atoms with Gasteiger partial charge in [0.05, 0.1) is 19.7 Å². The number of carbonyl (C=O) groups is 1. The van der Waals surface area contributed by atoms with Crippen LogP contribution in [0, 0.1) is 5.82 Å². The molecule has 0 aliphatic heterocycles. The average molecular weight is 470 g/mol. The monoisotopic (exact) mass is 469 g/mol. The summed E-state index contributed by atoms with van der Waals surface area (Å²) in [6.45, 7) is 4.48. The molecule has 1 heterocycles. The van der Waals surface area contributed by atoms with Crippen LogP contribution in [0.5, 0.6) is 11.5 Å². The predicted octanol–water partition coefficient (Wildman–Crippen LogP) is 4.51. The maximum absolute atomic E-state index is 14.0. The molecule has 1 unspecified atom stereocenters. The van der Waals surface area contributed by atoms with Gasteiger partial charge >= 0.3 is 0 Å². The third-order valence-corrected chi connectivity index (χ3v) is 5.43. The van der Waals surface area contributed by atoms with Crippen molar-refractivity contribution in [3.8, 4) is 11.5 Å². The average Bonchev–Trinajstić information content (AvgIpc) is 2.83. The molecule has 0 aliphatic rings. The van der Waals surface area contributed by atoms with E-state index in [0.717, 1.165) is 24.8 Å². The highest BCUT2D eigenvalue weighted by Gasteiger charge is 2.15. The Morgan fingerprint density at radius 3 is 2.65 bits per heavy atom. The maximum Gasteiger partial charge on any atom is 0.225 e. The molecule has 0 saturated carbocycles. The van der Waals surface area contributed by atoms with Crippen LogP contribution in [0.15, 0.2) is 36.4 Å². The zero-order chi connectivity index (χ0) is 24.5. The van der Waals surface area contributed by atoms with E-state index in [1.165, 1.54) is 19.1 Å². The fourth-order valence-electron chi connectivity index (χ4n) is 3.60. The van der Waals surface area contributed by atoms with Crippen LogP contribution < -0.4 is 25.4 Å². The minimum absolute atomic E-state index is 0.0264. The van der Waals surface area contributed by atoms with Gasteiger partial charge in [-0.1, -0.05) is 19.8 Å². The van der Waals surface area contributed by atoms with Gasteiger partial charge in [0.1, 0.15) is 23.1 Å². The van der Waals surface area contributed by atoms with E-state index in [4.69, 9.17) is 9.47 Å². The number of amides is 1. The van der Waals surface area contributed by atoms with Gasteiger partial charge in [0.25, 0.3) is 0 Å². The second kappa shape index (κ2) is 12.0. The smallest absolute Gasteiger partial charge is 0.225 e. The molecule has 0 aliphatic carbocycles. The first kappa shape index (κ1) is 25.0. The fraction of sp³-hybridized carbons (Fsp3) is 0.400. The van der Waals surface area contributed by atoms with Gasteiger partial charge in [-0.05, 0) is 30.7 Å². The minimum Gasteiger partial charge on any atom is -0.497 e.